The van der Waals surface area contributed by atoms with Gasteiger partial charge in [0.05, 0.1) is 12.2 Å². The molecule has 4 rings (SSSR count). The van der Waals surface area contributed by atoms with Gasteiger partial charge in [-0.05, 0) is 50.2 Å². The number of hydrogen-bond acceptors (Lipinski definition) is 5. The molecule has 1 aliphatic rings. The monoisotopic (exact) mass is 352 g/mol. The van der Waals surface area contributed by atoms with E-state index in [1.807, 2.05) is 23.1 Å². The Hall–Kier alpha value is -2.93. The number of aromatic nitrogens is 3. The number of anilines is 2. The van der Waals surface area contributed by atoms with E-state index in [1.165, 1.54) is 6.07 Å². The van der Waals surface area contributed by atoms with Crippen LogP contribution < -0.4 is 16.8 Å². The topological polar surface area (TPSA) is 94.8 Å². The molecule has 0 radical (unpaired) electrons. The van der Waals surface area contributed by atoms with Crippen LogP contribution >= 0.6 is 0 Å². The van der Waals surface area contributed by atoms with Gasteiger partial charge in [0.1, 0.15) is 11.6 Å². The van der Waals surface area contributed by atoms with Gasteiger partial charge < -0.3 is 16.8 Å². The standard InChI is InChI=1S/C19H21FN6/c20-18-8-14(21)1-2-16(18)17-7-12(9-24-19(17)22)13-10-25-26(11-13)15-3-5-23-6-4-15/h1-2,7-11,15,23H,3-6,21H2,(H2,22,24). The molecule has 7 heteroatoms. The van der Waals surface area contributed by atoms with Crippen LogP contribution in [0.1, 0.15) is 18.9 Å². The average Bonchev–Trinajstić information content (AvgIpc) is 3.14. The Kier molecular flexibility index (Phi) is 4.30. The van der Waals surface area contributed by atoms with Gasteiger partial charge in [-0.2, -0.15) is 5.10 Å². The van der Waals surface area contributed by atoms with E-state index in [0.29, 0.717) is 22.9 Å². The molecule has 0 atom stereocenters. The first-order chi connectivity index (χ1) is 12.6. The van der Waals surface area contributed by atoms with Crippen molar-refractivity contribution in [2.75, 3.05) is 24.6 Å². The first-order valence-electron chi connectivity index (χ1n) is 8.68. The number of piperidine rings is 1. The van der Waals surface area contributed by atoms with Crippen LogP contribution in [0.4, 0.5) is 15.9 Å². The Morgan fingerprint density at radius 1 is 1.04 bits per heavy atom. The van der Waals surface area contributed by atoms with E-state index in [1.54, 1.807) is 18.3 Å². The van der Waals surface area contributed by atoms with E-state index in [9.17, 15) is 4.39 Å². The van der Waals surface area contributed by atoms with Gasteiger partial charge in [0.2, 0.25) is 0 Å². The molecule has 0 amide bonds. The van der Waals surface area contributed by atoms with Crippen molar-refractivity contribution in [2.45, 2.75) is 18.9 Å². The van der Waals surface area contributed by atoms with Crippen LogP contribution in [0.5, 0.6) is 0 Å². The van der Waals surface area contributed by atoms with Crippen molar-refractivity contribution in [2.24, 2.45) is 0 Å². The van der Waals surface area contributed by atoms with Crippen LogP contribution in [0.15, 0.2) is 42.9 Å². The summed E-state index contributed by atoms with van der Waals surface area (Å²) in [6.45, 7) is 2.01. The van der Waals surface area contributed by atoms with E-state index >= 15 is 0 Å². The number of nitrogens with two attached hydrogens (primary N) is 2. The van der Waals surface area contributed by atoms with Crippen LogP contribution in [-0.2, 0) is 0 Å². The van der Waals surface area contributed by atoms with Gasteiger partial charge in [-0.1, -0.05) is 0 Å². The fourth-order valence-electron chi connectivity index (χ4n) is 3.36. The average molecular weight is 352 g/mol. The molecule has 1 aromatic carbocycles. The number of pyridine rings is 1. The van der Waals surface area contributed by atoms with Gasteiger partial charge in [0.15, 0.2) is 0 Å². The number of rotatable bonds is 3. The van der Waals surface area contributed by atoms with E-state index < -0.39 is 5.82 Å². The van der Waals surface area contributed by atoms with Crippen LogP contribution in [0, 0.1) is 5.82 Å². The Bertz CT molecular complexity index is 930. The minimum absolute atomic E-state index is 0.281. The predicted octanol–water partition coefficient (Wildman–Crippen LogP) is 2.84. The fourth-order valence-corrected chi connectivity index (χ4v) is 3.36. The first-order valence-corrected chi connectivity index (χ1v) is 8.68. The molecule has 26 heavy (non-hydrogen) atoms. The second kappa shape index (κ2) is 6.76. The lowest BCUT2D eigenvalue weighted by molar-refractivity contribution is 0.343. The van der Waals surface area contributed by atoms with E-state index in [2.05, 4.69) is 15.4 Å². The summed E-state index contributed by atoms with van der Waals surface area (Å²) in [7, 11) is 0. The van der Waals surface area contributed by atoms with Crippen molar-refractivity contribution in [3.63, 3.8) is 0 Å². The molecular formula is C19H21FN6. The third kappa shape index (κ3) is 3.13. The molecule has 134 valence electrons. The molecule has 1 saturated heterocycles. The summed E-state index contributed by atoms with van der Waals surface area (Å²) in [5, 5.41) is 7.86. The SMILES string of the molecule is Nc1ccc(-c2cc(-c3cnn(C4CCNCC4)c3)cnc2N)c(F)c1. The summed E-state index contributed by atoms with van der Waals surface area (Å²) in [6.07, 6.45) is 7.65. The molecule has 3 aromatic rings. The highest BCUT2D eigenvalue weighted by molar-refractivity contribution is 5.79. The molecule has 0 saturated carbocycles. The zero-order valence-electron chi connectivity index (χ0n) is 14.3. The predicted molar refractivity (Wildman–Crippen MR) is 101 cm³/mol. The summed E-state index contributed by atoms with van der Waals surface area (Å²) < 4.78 is 16.3. The normalized spacial score (nSPS) is 15.3. The Labute approximate surface area is 151 Å². The lowest BCUT2D eigenvalue weighted by Gasteiger charge is -2.22. The third-order valence-corrected chi connectivity index (χ3v) is 4.82. The summed E-state index contributed by atoms with van der Waals surface area (Å²) in [5.41, 5.74) is 14.7. The maximum atomic E-state index is 14.3. The maximum absolute atomic E-state index is 14.3. The Morgan fingerprint density at radius 2 is 1.85 bits per heavy atom. The zero-order valence-corrected chi connectivity index (χ0v) is 14.3. The van der Waals surface area contributed by atoms with E-state index in [4.69, 9.17) is 11.5 Å². The second-order valence-electron chi connectivity index (χ2n) is 6.59. The van der Waals surface area contributed by atoms with Crippen LogP contribution in [0.25, 0.3) is 22.3 Å². The summed E-state index contributed by atoms with van der Waals surface area (Å²) in [6, 6.07) is 6.82. The van der Waals surface area contributed by atoms with E-state index in [-0.39, 0.29) is 5.82 Å². The lowest BCUT2D eigenvalue weighted by Crippen LogP contribution is -2.29. The maximum Gasteiger partial charge on any atom is 0.133 e. The zero-order chi connectivity index (χ0) is 18.1. The Balaban J connectivity index is 1.69. The number of benzene rings is 1. The summed E-state index contributed by atoms with van der Waals surface area (Å²) >= 11 is 0. The van der Waals surface area contributed by atoms with Gasteiger partial charge in [-0.15, -0.1) is 0 Å². The number of halogens is 1. The number of nitrogens with one attached hydrogen (secondary N) is 1. The molecule has 2 aromatic heterocycles. The fraction of sp³-hybridized carbons (Fsp3) is 0.263. The van der Waals surface area contributed by atoms with E-state index in [0.717, 1.165) is 37.1 Å². The smallest absolute Gasteiger partial charge is 0.133 e. The van der Waals surface area contributed by atoms with Crippen molar-refractivity contribution >= 4 is 11.5 Å². The van der Waals surface area contributed by atoms with Gasteiger partial charge in [-0.25, -0.2) is 9.37 Å². The summed E-state index contributed by atoms with van der Waals surface area (Å²) in [5.74, 6) is -0.135. The van der Waals surface area contributed by atoms with Gasteiger partial charge in [0.25, 0.3) is 0 Å². The minimum atomic E-state index is -0.416. The van der Waals surface area contributed by atoms with Crippen LogP contribution in [0.3, 0.4) is 0 Å². The number of nitrogen functional groups attached to an aromatic ring is 2. The molecule has 5 N–H and O–H groups in total. The van der Waals surface area contributed by atoms with Crippen LogP contribution in [0.2, 0.25) is 0 Å². The van der Waals surface area contributed by atoms with Crippen molar-refractivity contribution in [1.82, 2.24) is 20.1 Å². The third-order valence-electron chi connectivity index (χ3n) is 4.82. The van der Waals surface area contributed by atoms with Gasteiger partial charge in [0, 0.05) is 40.3 Å². The minimum Gasteiger partial charge on any atom is -0.399 e. The van der Waals surface area contributed by atoms with Gasteiger partial charge in [-0.3, -0.25) is 4.68 Å². The van der Waals surface area contributed by atoms with Crippen molar-refractivity contribution in [3.05, 3.63) is 48.7 Å². The molecule has 1 fully saturated rings. The molecule has 0 bridgehead atoms. The van der Waals surface area contributed by atoms with Gasteiger partial charge >= 0.3 is 0 Å². The molecule has 0 aliphatic carbocycles. The Morgan fingerprint density at radius 3 is 2.62 bits per heavy atom. The number of nitrogens with zero attached hydrogens (tertiary/aromatic N) is 3. The first kappa shape index (κ1) is 16.5. The van der Waals surface area contributed by atoms with Crippen molar-refractivity contribution in [3.8, 4) is 22.3 Å². The van der Waals surface area contributed by atoms with Crippen LogP contribution in [-0.4, -0.2) is 27.9 Å². The highest BCUT2D eigenvalue weighted by atomic mass is 19.1. The highest BCUT2D eigenvalue weighted by Crippen LogP contribution is 2.32. The largest absolute Gasteiger partial charge is 0.399 e. The number of hydrogen-bond donors (Lipinski definition) is 3. The van der Waals surface area contributed by atoms with Crippen molar-refractivity contribution < 1.29 is 4.39 Å². The lowest BCUT2D eigenvalue weighted by atomic mass is 10.0. The molecule has 0 unspecified atom stereocenters. The molecule has 0 spiro atoms. The molecule has 3 heterocycles. The highest BCUT2D eigenvalue weighted by Gasteiger charge is 2.17. The molecular weight excluding hydrogens is 331 g/mol. The molecule has 6 nitrogen and oxygen atoms in total. The second-order valence-corrected chi connectivity index (χ2v) is 6.59. The van der Waals surface area contributed by atoms with Crippen molar-refractivity contribution in [1.29, 1.82) is 0 Å². The molecule has 1 aliphatic heterocycles. The quantitative estimate of drug-likeness (QED) is 0.630. The summed E-state index contributed by atoms with van der Waals surface area (Å²) in [4.78, 5) is 4.25.